The molecule has 0 bridgehead atoms. The van der Waals surface area contributed by atoms with E-state index in [1.807, 2.05) is 13.8 Å². The van der Waals surface area contributed by atoms with Gasteiger partial charge in [0.05, 0.1) is 6.10 Å². The highest BCUT2D eigenvalue weighted by Crippen LogP contribution is 2.08. The maximum atomic E-state index is 11.2. The second-order valence-electron chi connectivity index (χ2n) is 4.07. The highest BCUT2D eigenvalue weighted by Gasteiger charge is 2.10. The zero-order valence-electron chi connectivity index (χ0n) is 10.3. The van der Waals surface area contributed by atoms with Crippen molar-refractivity contribution in [2.75, 3.05) is 0 Å². The highest BCUT2D eigenvalue weighted by atomic mass is 16.6. The number of ether oxygens (including phenoxy) is 1. The van der Waals surface area contributed by atoms with Gasteiger partial charge in [-0.3, -0.25) is 4.79 Å². The Hall–Kier alpha value is -0.610. The third-order valence-electron chi connectivity index (χ3n) is 2.34. The Balaban J connectivity index is 3.50. The molecule has 0 aromatic rings. The summed E-state index contributed by atoms with van der Waals surface area (Å²) < 4.78 is 4.77. The first-order chi connectivity index (χ1) is 7.60. The van der Waals surface area contributed by atoms with Crippen molar-refractivity contribution in [3.63, 3.8) is 0 Å². The van der Waals surface area contributed by atoms with E-state index in [0.29, 0.717) is 19.3 Å². The Bertz CT molecular complexity index is 182. The summed E-state index contributed by atoms with van der Waals surface area (Å²) in [5.74, 6) is -0.385. The van der Waals surface area contributed by atoms with Gasteiger partial charge in [-0.25, -0.2) is 0 Å². The van der Waals surface area contributed by atoms with E-state index in [1.54, 1.807) is 0 Å². The number of esters is 1. The Morgan fingerprint density at radius 1 is 1.12 bits per heavy atom. The smallest absolute Gasteiger partial charge is 0.308 e. The average molecular weight is 232 g/mol. The van der Waals surface area contributed by atoms with E-state index in [2.05, 4.69) is 0 Å². The Labute approximate surface area is 97.6 Å². The molecule has 4 heteroatoms. The Kier molecular flexibility index (Phi) is 9.24. The van der Waals surface area contributed by atoms with E-state index in [0.717, 1.165) is 19.3 Å². The fourth-order valence-corrected chi connectivity index (χ4v) is 1.48. The maximum absolute atomic E-state index is 11.2. The standard InChI is InChI=1S/C12H24O4/c1-3-6-10(13)8-5-9-12(15)16-11(14)7-4-2/h10-11,13-14H,3-9H2,1-2H3. The third kappa shape index (κ3) is 8.68. The van der Waals surface area contributed by atoms with Gasteiger partial charge in [-0.05, 0) is 19.3 Å². The SMILES string of the molecule is CCCC(O)CCCC(=O)OC(O)CCC. The molecule has 2 N–H and O–H groups in total. The molecule has 0 rings (SSSR count). The van der Waals surface area contributed by atoms with Gasteiger partial charge in [-0.2, -0.15) is 0 Å². The van der Waals surface area contributed by atoms with Crippen LogP contribution in [0.25, 0.3) is 0 Å². The predicted octanol–water partition coefficient (Wildman–Crippen LogP) is 1.98. The van der Waals surface area contributed by atoms with Crippen LogP contribution >= 0.6 is 0 Å². The van der Waals surface area contributed by atoms with Gasteiger partial charge in [-0.1, -0.05) is 26.7 Å². The molecule has 2 atom stereocenters. The fourth-order valence-electron chi connectivity index (χ4n) is 1.48. The minimum Gasteiger partial charge on any atom is -0.436 e. The lowest BCUT2D eigenvalue weighted by molar-refractivity contribution is -0.168. The highest BCUT2D eigenvalue weighted by molar-refractivity contribution is 5.69. The molecule has 0 saturated heterocycles. The van der Waals surface area contributed by atoms with E-state index in [-0.39, 0.29) is 18.5 Å². The third-order valence-corrected chi connectivity index (χ3v) is 2.34. The van der Waals surface area contributed by atoms with Gasteiger partial charge in [0, 0.05) is 12.8 Å². The molecule has 0 radical (unpaired) electrons. The van der Waals surface area contributed by atoms with Crippen molar-refractivity contribution in [1.29, 1.82) is 0 Å². The summed E-state index contributed by atoms with van der Waals surface area (Å²) in [6.45, 7) is 3.93. The first kappa shape index (κ1) is 15.4. The lowest BCUT2D eigenvalue weighted by Gasteiger charge is -2.11. The number of aliphatic hydroxyl groups excluding tert-OH is 2. The Morgan fingerprint density at radius 3 is 2.31 bits per heavy atom. The summed E-state index contributed by atoms with van der Waals surface area (Å²) in [4.78, 5) is 11.2. The fraction of sp³-hybridized carbons (Fsp3) is 0.917. The van der Waals surface area contributed by atoms with Crippen LogP contribution in [0.15, 0.2) is 0 Å². The molecule has 0 saturated carbocycles. The topological polar surface area (TPSA) is 66.8 Å². The summed E-state index contributed by atoms with van der Waals surface area (Å²) in [5.41, 5.74) is 0. The molecule has 0 aliphatic heterocycles. The number of hydrogen-bond donors (Lipinski definition) is 2. The number of hydrogen-bond acceptors (Lipinski definition) is 4. The molecule has 0 spiro atoms. The molecular formula is C12H24O4. The average Bonchev–Trinajstić information content (AvgIpc) is 2.18. The van der Waals surface area contributed by atoms with Crippen LogP contribution < -0.4 is 0 Å². The van der Waals surface area contributed by atoms with Crippen LogP contribution in [-0.2, 0) is 9.53 Å². The zero-order valence-corrected chi connectivity index (χ0v) is 10.3. The second-order valence-corrected chi connectivity index (χ2v) is 4.07. The largest absolute Gasteiger partial charge is 0.436 e. The van der Waals surface area contributed by atoms with Gasteiger partial charge >= 0.3 is 5.97 Å². The van der Waals surface area contributed by atoms with E-state index in [4.69, 9.17) is 4.74 Å². The number of carbonyl (C=O) groups excluding carboxylic acids is 1. The van der Waals surface area contributed by atoms with Crippen molar-refractivity contribution in [3.8, 4) is 0 Å². The van der Waals surface area contributed by atoms with Crippen molar-refractivity contribution in [2.24, 2.45) is 0 Å². The lowest BCUT2D eigenvalue weighted by atomic mass is 10.1. The van der Waals surface area contributed by atoms with Crippen molar-refractivity contribution >= 4 is 5.97 Å². The normalized spacial score (nSPS) is 14.5. The molecule has 16 heavy (non-hydrogen) atoms. The van der Waals surface area contributed by atoms with Gasteiger partial charge in [0.25, 0.3) is 0 Å². The summed E-state index contributed by atoms with van der Waals surface area (Å²) >= 11 is 0. The molecular weight excluding hydrogens is 208 g/mol. The van der Waals surface area contributed by atoms with E-state index >= 15 is 0 Å². The van der Waals surface area contributed by atoms with Gasteiger partial charge < -0.3 is 14.9 Å². The van der Waals surface area contributed by atoms with Gasteiger partial charge in [0.15, 0.2) is 0 Å². The molecule has 96 valence electrons. The Morgan fingerprint density at radius 2 is 1.75 bits per heavy atom. The van der Waals surface area contributed by atoms with Crippen LogP contribution in [0.3, 0.4) is 0 Å². The van der Waals surface area contributed by atoms with Crippen molar-refractivity contribution < 1.29 is 19.7 Å². The van der Waals surface area contributed by atoms with Gasteiger partial charge in [-0.15, -0.1) is 0 Å². The summed E-state index contributed by atoms with van der Waals surface area (Å²) in [7, 11) is 0. The van der Waals surface area contributed by atoms with E-state index in [1.165, 1.54) is 0 Å². The maximum Gasteiger partial charge on any atom is 0.308 e. The summed E-state index contributed by atoms with van der Waals surface area (Å²) in [6.07, 6.45) is 3.17. The number of rotatable bonds is 9. The first-order valence-corrected chi connectivity index (χ1v) is 6.15. The minimum atomic E-state index is -0.974. The monoisotopic (exact) mass is 232 g/mol. The van der Waals surface area contributed by atoms with Crippen molar-refractivity contribution in [3.05, 3.63) is 0 Å². The van der Waals surface area contributed by atoms with Gasteiger partial charge in [0.1, 0.15) is 0 Å². The van der Waals surface area contributed by atoms with Crippen LogP contribution in [0.5, 0.6) is 0 Å². The van der Waals surface area contributed by atoms with E-state index in [9.17, 15) is 15.0 Å². The summed E-state index contributed by atoms with van der Waals surface area (Å²) in [5, 5.41) is 18.6. The lowest BCUT2D eigenvalue weighted by Crippen LogP contribution is -2.17. The quantitative estimate of drug-likeness (QED) is 0.471. The van der Waals surface area contributed by atoms with Crippen molar-refractivity contribution in [2.45, 2.75) is 71.2 Å². The van der Waals surface area contributed by atoms with Crippen molar-refractivity contribution in [1.82, 2.24) is 0 Å². The molecule has 0 aromatic carbocycles. The van der Waals surface area contributed by atoms with Crippen LogP contribution in [0, 0.1) is 0 Å². The zero-order chi connectivity index (χ0) is 12.4. The van der Waals surface area contributed by atoms with Crippen LogP contribution in [-0.4, -0.2) is 28.6 Å². The number of carbonyl (C=O) groups is 1. The molecule has 4 nitrogen and oxygen atoms in total. The molecule has 0 fully saturated rings. The van der Waals surface area contributed by atoms with Crippen LogP contribution in [0.4, 0.5) is 0 Å². The second kappa shape index (κ2) is 9.60. The molecule has 0 aliphatic rings. The van der Waals surface area contributed by atoms with Gasteiger partial charge in [0.2, 0.25) is 6.29 Å². The molecule has 2 unspecified atom stereocenters. The van der Waals surface area contributed by atoms with E-state index < -0.39 is 6.29 Å². The summed E-state index contributed by atoms with van der Waals surface area (Å²) in [6, 6.07) is 0. The predicted molar refractivity (Wildman–Crippen MR) is 61.8 cm³/mol. The first-order valence-electron chi connectivity index (χ1n) is 6.15. The molecule has 0 heterocycles. The van der Waals surface area contributed by atoms with Crippen LogP contribution in [0.2, 0.25) is 0 Å². The molecule has 0 amide bonds. The molecule has 0 aromatic heterocycles. The van der Waals surface area contributed by atoms with Crippen LogP contribution in [0.1, 0.15) is 58.8 Å². The number of aliphatic hydroxyl groups is 2. The minimum absolute atomic E-state index is 0.265. The molecule has 0 aliphatic carbocycles.